The number of likely N-dealkylation sites (tertiary alicyclic amines) is 1. The molecular weight excluding hydrogens is 354 g/mol. The van der Waals surface area contributed by atoms with Gasteiger partial charge in [0, 0.05) is 12.6 Å². The van der Waals surface area contributed by atoms with Gasteiger partial charge in [0.25, 0.3) is 0 Å². The van der Waals surface area contributed by atoms with E-state index in [1.54, 1.807) is 14.2 Å². The zero-order valence-electron chi connectivity index (χ0n) is 15.9. The van der Waals surface area contributed by atoms with Gasteiger partial charge in [0.1, 0.15) is 6.23 Å². The molecule has 0 bridgehead atoms. The first-order valence-corrected chi connectivity index (χ1v) is 9.49. The van der Waals surface area contributed by atoms with Crippen molar-refractivity contribution in [2.75, 3.05) is 27.4 Å². The van der Waals surface area contributed by atoms with Crippen LogP contribution in [0.25, 0.3) is 0 Å². The summed E-state index contributed by atoms with van der Waals surface area (Å²) in [5.41, 5.74) is 1.19. The fraction of sp³-hybridized carbons (Fsp3) is 0.700. The van der Waals surface area contributed by atoms with Gasteiger partial charge in [-0.2, -0.15) is 0 Å². The fourth-order valence-electron chi connectivity index (χ4n) is 4.17. The first kappa shape index (κ1) is 21.3. The van der Waals surface area contributed by atoms with E-state index in [0.717, 1.165) is 50.1 Å². The molecule has 0 amide bonds. The molecule has 1 aliphatic heterocycles. The van der Waals surface area contributed by atoms with Gasteiger partial charge in [-0.05, 0) is 49.8 Å². The summed E-state index contributed by atoms with van der Waals surface area (Å²) in [5, 5.41) is 10.2. The van der Waals surface area contributed by atoms with Crippen molar-refractivity contribution in [3.8, 4) is 11.5 Å². The highest BCUT2D eigenvalue weighted by Gasteiger charge is 2.36. The quantitative estimate of drug-likeness (QED) is 0.779. The number of rotatable bonds is 7. The van der Waals surface area contributed by atoms with Gasteiger partial charge in [-0.25, -0.2) is 0 Å². The van der Waals surface area contributed by atoms with Crippen LogP contribution in [-0.4, -0.2) is 55.8 Å². The number of nitrogens with zero attached hydrogens (tertiary/aromatic N) is 1. The van der Waals surface area contributed by atoms with Crippen LogP contribution in [0.2, 0.25) is 0 Å². The summed E-state index contributed by atoms with van der Waals surface area (Å²) < 4.78 is 16.9. The predicted molar refractivity (Wildman–Crippen MR) is 104 cm³/mol. The maximum absolute atomic E-state index is 10.2. The van der Waals surface area contributed by atoms with Crippen LogP contribution in [0, 0.1) is 0 Å². The van der Waals surface area contributed by atoms with E-state index in [1.807, 2.05) is 12.1 Å². The van der Waals surface area contributed by atoms with Crippen LogP contribution >= 0.6 is 12.4 Å². The van der Waals surface area contributed by atoms with Crippen LogP contribution in [-0.2, 0) is 11.2 Å². The third kappa shape index (κ3) is 5.03. The summed E-state index contributed by atoms with van der Waals surface area (Å²) in [6.45, 7) is 1.70. The van der Waals surface area contributed by atoms with Gasteiger partial charge in [0.15, 0.2) is 11.5 Å². The van der Waals surface area contributed by atoms with Gasteiger partial charge >= 0.3 is 0 Å². The van der Waals surface area contributed by atoms with E-state index in [4.69, 9.17) is 14.2 Å². The molecular formula is C20H32ClNO4. The summed E-state index contributed by atoms with van der Waals surface area (Å²) in [6, 6.07) is 6.40. The van der Waals surface area contributed by atoms with Crippen LogP contribution in [0.1, 0.15) is 44.1 Å². The molecule has 1 saturated carbocycles. The number of halogens is 1. The molecule has 0 radical (unpaired) electrons. The minimum atomic E-state index is -0.278. The molecule has 1 aromatic rings. The molecule has 1 heterocycles. The lowest BCUT2D eigenvalue weighted by atomic mass is 9.91. The number of hydrogen-bond donors (Lipinski definition) is 1. The van der Waals surface area contributed by atoms with Crippen molar-refractivity contribution in [2.24, 2.45) is 0 Å². The molecule has 0 aromatic heterocycles. The third-order valence-corrected chi connectivity index (χ3v) is 5.53. The molecule has 2 fully saturated rings. The second-order valence-corrected chi connectivity index (χ2v) is 7.06. The van der Waals surface area contributed by atoms with Crippen LogP contribution < -0.4 is 9.47 Å². The number of aliphatic hydroxyl groups excluding tert-OH is 1. The Labute approximate surface area is 163 Å². The van der Waals surface area contributed by atoms with E-state index in [2.05, 4.69) is 11.0 Å². The minimum absolute atomic E-state index is 0. The zero-order chi connectivity index (χ0) is 17.6. The Morgan fingerprint density at radius 1 is 1.04 bits per heavy atom. The minimum Gasteiger partial charge on any atom is -0.493 e. The van der Waals surface area contributed by atoms with E-state index in [9.17, 15) is 5.11 Å². The highest BCUT2D eigenvalue weighted by Crippen LogP contribution is 2.31. The maximum Gasteiger partial charge on any atom is 0.160 e. The van der Waals surface area contributed by atoms with Crippen molar-refractivity contribution in [3.05, 3.63) is 23.8 Å². The number of benzene rings is 1. The Kier molecular flexibility index (Phi) is 8.48. The van der Waals surface area contributed by atoms with Crippen LogP contribution in [0.3, 0.4) is 0 Å². The van der Waals surface area contributed by atoms with Crippen molar-refractivity contribution in [1.29, 1.82) is 0 Å². The van der Waals surface area contributed by atoms with Crippen LogP contribution in [0.5, 0.6) is 11.5 Å². The standard InChI is InChI=1S/C20H31NO4.ClH/c1-23-18-10-9-15(14-19(18)24-2)11-13-25-17-7-4-3-6-16(17)21-12-5-8-20(21)22;/h9-10,14,16-17,20,22H,3-8,11-13H2,1-2H3;1H. The molecule has 148 valence electrons. The average Bonchev–Trinajstić information content (AvgIpc) is 3.07. The van der Waals surface area contributed by atoms with Crippen molar-refractivity contribution >= 4 is 12.4 Å². The monoisotopic (exact) mass is 385 g/mol. The first-order valence-electron chi connectivity index (χ1n) is 9.49. The van der Waals surface area contributed by atoms with E-state index in [0.29, 0.717) is 12.6 Å². The second-order valence-electron chi connectivity index (χ2n) is 7.06. The number of aliphatic hydroxyl groups is 1. The molecule has 1 aromatic carbocycles. The van der Waals surface area contributed by atoms with Crippen LogP contribution in [0.15, 0.2) is 18.2 Å². The molecule has 3 atom stereocenters. The lowest BCUT2D eigenvalue weighted by Crippen LogP contribution is -2.48. The number of hydrogen-bond acceptors (Lipinski definition) is 5. The Bertz CT molecular complexity index is 557. The summed E-state index contributed by atoms with van der Waals surface area (Å²) in [5.74, 6) is 1.51. The van der Waals surface area contributed by atoms with Crippen molar-refractivity contribution in [2.45, 2.75) is 63.3 Å². The third-order valence-electron chi connectivity index (χ3n) is 5.53. The Morgan fingerprint density at radius 3 is 2.50 bits per heavy atom. The topological polar surface area (TPSA) is 51.2 Å². The molecule has 5 nitrogen and oxygen atoms in total. The summed E-state index contributed by atoms with van der Waals surface area (Å²) in [4.78, 5) is 2.26. The van der Waals surface area contributed by atoms with E-state index < -0.39 is 0 Å². The lowest BCUT2D eigenvalue weighted by molar-refractivity contribution is -0.0775. The SMILES string of the molecule is COc1ccc(CCOC2CCCCC2N2CCCC2O)cc1OC.Cl. The Balaban J connectivity index is 0.00000243. The van der Waals surface area contributed by atoms with Crippen molar-refractivity contribution in [1.82, 2.24) is 4.90 Å². The molecule has 2 aliphatic rings. The maximum atomic E-state index is 10.2. The number of methoxy groups -OCH3 is 2. The smallest absolute Gasteiger partial charge is 0.160 e. The molecule has 26 heavy (non-hydrogen) atoms. The van der Waals surface area contributed by atoms with Gasteiger partial charge in [-0.1, -0.05) is 18.9 Å². The molecule has 1 N–H and O–H groups in total. The first-order chi connectivity index (χ1) is 12.2. The largest absolute Gasteiger partial charge is 0.493 e. The van der Waals surface area contributed by atoms with Gasteiger partial charge in [-0.3, -0.25) is 4.90 Å². The van der Waals surface area contributed by atoms with Gasteiger partial charge in [0.05, 0.1) is 26.9 Å². The second kappa shape index (κ2) is 10.4. The molecule has 1 aliphatic carbocycles. The molecule has 6 heteroatoms. The summed E-state index contributed by atoms with van der Waals surface area (Å²) in [7, 11) is 3.31. The van der Waals surface area contributed by atoms with Crippen molar-refractivity contribution in [3.63, 3.8) is 0 Å². The van der Waals surface area contributed by atoms with Gasteiger partial charge < -0.3 is 19.3 Å². The Morgan fingerprint density at radius 2 is 1.81 bits per heavy atom. The highest BCUT2D eigenvalue weighted by atomic mass is 35.5. The normalized spacial score (nSPS) is 26.3. The molecule has 0 spiro atoms. The lowest BCUT2D eigenvalue weighted by Gasteiger charge is -2.39. The van der Waals surface area contributed by atoms with Crippen LogP contribution in [0.4, 0.5) is 0 Å². The zero-order valence-corrected chi connectivity index (χ0v) is 16.7. The summed E-state index contributed by atoms with van der Waals surface area (Å²) >= 11 is 0. The van der Waals surface area contributed by atoms with E-state index >= 15 is 0 Å². The predicted octanol–water partition coefficient (Wildman–Crippen LogP) is 3.41. The highest BCUT2D eigenvalue weighted by molar-refractivity contribution is 5.85. The average molecular weight is 386 g/mol. The van der Waals surface area contributed by atoms with Crippen molar-refractivity contribution < 1.29 is 19.3 Å². The molecule has 1 saturated heterocycles. The molecule has 3 unspecified atom stereocenters. The fourth-order valence-corrected chi connectivity index (χ4v) is 4.17. The van der Waals surface area contributed by atoms with E-state index in [-0.39, 0.29) is 24.7 Å². The van der Waals surface area contributed by atoms with Gasteiger partial charge in [-0.15, -0.1) is 12.4 Å². The van der Waals surface area contributed by atoms with E-state index in [1.165, 1.54) is 18.4 Å². The van der Waals surface area contributed by atoms with Gasteiger partial charge in [0.2, 0.25) is 0 Å². The summed E-state index contributed by atoms with van der Waals surface area (Å²) in [6.07, 6.45) is 7.50. The molecule has 3 rings (SSSR count). The Hall–Kier alpha value is -1.01. The number of ether oxygens (including phenoxy) is 3.